The average molecular weight is 488 g/mol. The topological polar surface area (TPSA) is 84.8 Å². The molecule has 0 unspecified atom stereocenters. The zero-order valence-electron chi connectivity index (χ0n) is 11.2. The smallest absolute Gasteiger partial charge is 0.258 e. The standard InChI is InChI=1S/C10H2BrCl2F5N4O2S/c11-10-9(22(23)24)7(3-19)20-21(10)8-5(12)1-4(2-6(8)13)25(14,15,16,17)18/h1-2H. The summed E-state index contributed by atoms with van der Waals surface area (Å²) in [6.45, 7) is 0. The van der Waals surface area contributed by atoms with Crippen LogP contribution in [0, 0.1) is 21.4 Å². The highest BCUT2D eigenvalue weighted by Gasteiger charge is 2.65. The van der Waals surface area contributed by atoms with Crippen LogP contribution in [0.2, 0.25) is 10.0 Å². The fraction of sp³-hybridized carbons (Fsp3) is 0. The van der Waals surface area contributed by atoms with Crippen LogP contribution < -0.4 is 0 Å². The van der Waals surface area contributed by atoms with Crippen LogP contribution >= 0.6 is 49.4 Å². The molecule has 0 aliphatic carbocycles. The van der Waals surface area contributed by atoms with Crippen LogP contribution in [0.1, 0.15) is 5.69 Å². The van der Waals surface area contributed by atoms with Gasteiger partial charge in [0, 0.05) is 0 Å². The minimum absolute atomic E-state index is 0.0731. The first-order chi connectivity index (χ1) is 11.1. The molecular formula is C10H2BrCl2F5N4O2S. The molecular weight excluding hydrogens is 486 g/mol. The van der Waals surface area contributed by atoms with Crippen molar-refractivity contribution in [2.45, 2.75) is 4.90 Å². The Morgan fingerprint density at radius 3 is 2.04 bits per heavy atom. The number of nitrogens with zero attached hydrogens (tertiary/aromatic N) is 4. The lowest BCUT2D eigenvalue weighted by atomic mass is 10.3. The Bertz CT molecular complexity index is 950. The largest absolute Gasteiger partial charge is 0.339 e. The molecule has 2 rings (SSSR count). The van der Waals surface area contributed by atoms with Crippen LogP contribution in [0.3, 0.4) is 0 Å². The molecule has 25 heavy (non-hydrogen) atoms. The number of aromatic nitrogens is 2. The first-order valence-electron chi connectivity index (χ1n) is 5.63. The van der Waals surface area contributed by atoms with Gasteiger partial charge in [-0.15, -0.1) is 5.10 Å². The van der Waals surface area contributed by atoms with Crippen LogP contribution in [0.5, 0.6) is 0 Å². The van der Waals surface area contributed by atoms with Crippen molar-refractivity contribution in [3.8, 4) is 11.8 Å². The van der Waals surface area contributed by atoms with Crippen LogP contribution in [0.4, 0.5) is 25.1 Å². The fourth-order valence-corrected chi connectivity index (χ4v) is 3.79. The molecule has 15 heteroatoms. The second-order valence-corrected chi connectivity index (χ2v) is 8.45. The molecule has 1 heterocycles. The Balaban J connectivity index is 2.81. The summed E-state index contributed by atoms with van der Waals surface area (Å²) in [5.41, 5.74) is -2.04. The zero-order valence-corrected chi connectivity index (χ0v) is 15.1. The van der Waals surface area contributed by atoms with E-state index in [1.54, 1.807) is 0 Å². The molecule has 0 saturated heterocycles. The summed E-state index contributed by atoms with van der Waals surface area (Å²) >= 11 is 14.0. The van der Waals surface area contributed by atoms with E-state index in [1.807, 2.05) is 0 Å². The molecule has 0 bridgehead atoms. The number of nitro groups is 1. The normalized spacial score (nSPS) is 14.5. The lowest BCUT2D eigenvalue weighted by Gasteiger charge is -2.40. The van der Waals surface area contributed by atoms with Gasteiger partial charge in [0.2, 0.25) is 5.69 Å². The predicted octanol–water partition coefficient (Wildman–Crippen LogP) is 6.38. The van der Waals surface area contributed by atoms with Gasteiger partial charge in [0.25, 0.3) is 0 Å². The highest BCUT2D eigenvalue weighted by molar-refractivity contribution is 9.10. The highest BCUT2D eigenvalue weighted by atomic mass is 79.9. The van der Waals surface area contributed by atoms with Crippen molar-refractivity contribution in [1.29, 1.82) is 5.26 Å². The van der Waals surface area contributed by atoms with Crippen LogP contribution in [0.25, 0.3) is 5.69 Å². The summed E-state index contributed by atoms with van der Waals surface area (Å²) < 4.78 is 64.4. The van der Waals surface area contributed by atoms with Crippen molar-refractivity contribution >= 4 is 55.0 Å². The summed E-state index contributed by atoms with van der Waals surface area (Å²) in [6.07, 6.45) is 0. The summed E-state index contributed by atoms with van der Waals surface area (Å²) in [6, 6.07) is 1.26. The van der Waals surface area contributed by atoms with Crippen molar-refractivity contribution in [3.05, 3.63) is 42.6 Å². The van der Waals surface area contributed by atoms with E-state index in [-0.39, 0.29) is 12.1 Å². The highest BCUT2D eigenvalue weighted by Crippen LogP contribution is 3.02. The molecule has 0 atom stereocenters. The molecule has 136 valence electrons. The average Bonchev–Trinajstić information content (AvgIpc) is 2.72. The third-order valence-corrected chi connectivity index (χ3v) is 5.16. The Kier molecular flexibility index (Phi) is 4.09. The van der Waals surface area contributed by atoms with Gasteiger partial charge in [-0.3, -0.25) is 10.1 Å². The monoisotopic (exact) mass is 486 g/mol. The van der Waals surface area contributed by atoms with E-state index < -0.39 is 51.8 Å². The summed E-state index contributed by atoms with van der Waals surface area (Å²) in [4.78, 5) is 7.64. The Hall–Kier alpha value is -1.62. The van der Waals surface area contributed by atoms with Crippen molar-refractivity contribution < 1.29 is 24.4 Å². The van der Waals surface area contributed by atoms with Gasteiger partial charge in [0.15, 0.2) is 4.60 Å². The Morgan fingerprint density at radius 2 is 1.72 bits per heavy atom. The molecule has 0 aliphatic heterocycles. The second kappa shape index (κ2) is 5.19. The van der Waals surface area contributed by atoms with Crippen LogP contribution in [-0.4, -0.2) is 14.7 Å². The van der Waals surface area contributed by atoms with E-state index in [0.717, 1.165) is 0 Å². The maximum absolute atomic E-state index is 12.9. The second-order valence-electron chi connectivity index (χ2n) is 4.47. The van der Waals surface area contributed by atoms with Gasteiger partial charge in [-0.25, -0.2) is 4.68 Å². The maximum Gasteiger partial charge on any atom is 0.339 e. The molecule has 1 aromatic heterocycles. The third-order valence-electron chi connectivity index (χ3n) is 2.74. The number of hydrogen-bond donors (Lipinski definition) is 0. The lowest BCUT2D eigenvalue weighted by molar-refractivity contribution is -0.386. The summed E-state index contributed by atoms with van der Waals surface area (Å²) in [5, 5.41) is 21.5. The Labute approximate surface area is 153 Å². The maximum atomic E-state index is 12.9. The molecule has 6 nitrogen and oxygen atoms in total. The van der Waals surface area contributed by atoms with E-state index in [9.17, 15) is 29.5 Å². The van der Waals surface area contributed by atoms with Crippen LogP contribution in [0.15, 0.2) is 21.6 Å². The first-order valence-corrected chi connectivity index (χ1v) is 9.13. The van der Waals surface area contributed by atoms with E-state index in [4.69, 9.17) is 28.5 Å². The summed E-state index contributed by atoms with van der Waals surface area (Å²) in [7, 11) is -10.0. The number of hydrogen-bond acceptors (Lipinski definition) is 4. The predicted molar refractivity (Wildman–Crippen MR) is 84.1 cm³/mol. The minimum Gasteiger partial charge on any atom is -0.258 e. The van der Waals surface area contributed by atoms with E-state index >= 15 is 0 Å². The lowest BCUT2D eigenvalue weighted by Crippen LogP contribution is -2.08. The third kappa shape index (κ3) is 3.66. The van der Waals surface area contributed by atoms with Gasteiger partial charge in [0.1, 0.15) is 16.7 Å². The van der Waals surface area contributed by atoms with Crippen molar-refractivity contribution in [3.63, 3.8) is 0 Å². The summed E-state index contributed by atoms with van der Waals surface area (Å²) in [5.74, 6) is 0. The van der Waals surface area contributed by atoms with Crippen molar-refractivity contribution in [2.75, 3.05) is 0 Å². The van der Waals surface area contributed by atoms with Gasteiger partial charge >= 0.3 is 15.9 Å². The van der Waals surface area contributed by atoms with Crippen molar-refractivity contribution in [1.82, 2.24) is 9.78 Å². The SMILES string of the molecule is N#Cc1nn(-c2c(Cl)cc(S(F)(F)(F)(F)F)cc2Cl)c(Br)c1[N+](=O)[O-]. The first kappa shape index (κ1) is 19.7. The molecule has 0 N–H and O–H groups in total. The zero-order chi connectivity index (χ0) is 19.4. The molecule has 0 fully saturated rings. The molecule has 0 radical (unpaired) electrons. The number of halogens is 8. The van der Waals surface area contributed by atoms with E-state index in [1.165, 1.54) is 6.07 Å². The number of nitriles is 1. The number of benzene rings is 1. The minimum atomic E-state index is -10.0. The molecule has 0 saturated carbocycles. The number of rotatable bonds is 3. The molecule has 0 aliphatic rings. The van der Waals surface area contributed by atoms with Crippen molar-refractivity contribution in [2.24, 2.45) is 0 Å². The van der Waals surface area contributed by atoms with Gasteiger partial charge in [-0.2, -0.15) is 5.26 Å². The van der Waals surface area contributed by atoms with Gasteiger partial charge in [-0.1, -0.05) is 42.6 Å². The fourth-order valence-electron chi connectivity index (χ4n) is 1.74. The molecule has 0 amide bonds. The molecule has 1 aromatic carbocycles. The quantitative estimate of drug-likeness (QED) is 0.285. The van der Waals surface area contributed by atoms with E-state index in [2.05, 4.69) is 21.0 Å². The van der Waals surface area contributed by atoms with Gasteiger partial charge in [0.05, 0.1) is 15.0 Å². The Morgan fingerprint density at radius 1 is 1.24 bits per heavy atom. The van der Waals surface area contributed by atoms with Gasteiger partial charge in [-0.05, 0) is 28.1 Å². The molecule has 2 aromatic rings. The van der Waals surface area contributed by atoms with Crippen LogP contribution in [-0.2, 0) is 0 Å². The molecule has 0 spiro atoms. The van der Waals surface area contributed by atoms with Gasteiger partial charge < -0.3 is 0 Å². The van der Waals surface area contributed by atoms with E-state index in [0.29, 0.717) is 4.68 Å².